The van der Waals surface area contributed by atoms with Gasteiger partial charge >= 0.3 is 5.97 Å². The van der Waals surface area contributed by atoms with E-state index in [1.165, 1.54) is 4.90 Å². The van der Waals surface area contributed by atoms with Crippen molar-refractivity contribution in [1.29, 1.82) is 0 Å². The maximum atomic E-state index is 13.3. The van der Waals surface area contributed by atoms with Crippen molar-refractivity contribution < 1.29 is 19.1 Å². The summed E-state index contributed by atoms with van der Waals surface area (Å²) in [5.41, 5.74) is 2.23. The lowest BCUT2D eigenvalue weighted by molar-refractivity contribution is -0.138. The van der Waals surface area contributed by atoms with Gasteiger partial charge in [0.1, 0.15) is 5.75 Å². The van der Waals surface area contributed by atoms with E-state index in [1.54, 1.807) is 62.4 Å². The fraction of sp³-hybridized carbons (Fsp3) is 0.217. The van der Waals surface area contributed by atoms with Crippen molar-refractivity contribution in [2.24, 2.45) is 0 Å². The van der Waals surface area contributed by atoms with Gasteiger partial charge in [0.05, 0.1) is 34.4 Å². The number of hydrogen-bond acceptors (Lipinski definition) is 4. The molecule has 2 aromatic rings. The highest BCUT2D eigenvalue weighted by atomic mass is 35.5. The van der Waals surface area contributed by atoms with Gasteiger partial charge in [0.2, 0.25) is 0 Å². The van der Waals surface area contributed by atoms with Crippen LogP contribution in [0.15, 0.2) is 59.3 Å². The Hall–Kier alpha value is -2.76. The van der Waals surface area contributed by atoms with Crippen molar-refractivity contribution in [1.82, 2.24) is 0 Å². The summed E-state index contributed by atoms with van der Waals surface area (Å²) in [6.45, 7) is 6.08. The lowest BCUT2D eigenvalue weighted by atomic mass is 10.0. The standard InChI is InChI=1S/C23H21Cl2NO4/c1-4-29-17-9-7-16(8-10-17)26-14(3)21(23(28)30-5-2)18(22(26)27)12-15-6-11-19(24)20(25)13-15/h6-13H,4-5H2,1-3H3/b18-12-. The molecule has 0 bridgehead atoms. The fourth-order valence-electron chi connectivity index (χ4n) is 3.22. The van der Waals surface area contributed by atoms with E-state index in [-0.39, 0.29) is 23.7 Å². The Kier molecular flexibility index (Phi) is 6.85. The zero-order valence-corrected chi connectivity index (χ0v) is 18.4. The Morgan fingerprint density at radius 2 is 1.73 bits per heavy atom. The van der Waals surface area contributed by atoms with Crippen molar-refractivity contribution in [3.63, 3.8) is 0 Å². The van der Waals surface area contributed by atoms with Crippen molar-refractivity contribution >= 4 is 46.8 Å². The average Bonchev–Trinajstić information content (AvgIpc) is 2.96. The van der Waals surface area contributed by atoms with E-state index in [1.807, 2.05) is 6.92 Å². The van der Waals surface area contributed by atoms with E-state index < -0.39 is 5.97 Å². The van der Waals surface area contributed by atoms with Crippen molar-refractivity contribution in [2.75, 3.05) is 18.1 Å². The third kappa shape index (κ3) is 4.37. The van der Waals surface area contributed by atoms with Gasteiger partial charge in [-0.15, -0.1) is 0 Å². The molecule has 0 spiro atoms. The van der Waals surface area contributed by atoms with Crippen LogP contribution in [0.5, 0.6) is 5.75 Å². The van der Waals surface area contributed by atoms with Crippen LogP contribution in [0.2, 0.25) is 10.0 Å². The molecule has 1 amide bonds. The molecule has 0 saturated heterocycles. The number of esters is 1. The van der Waals surface area contributed by atoms with Crippen LogP contribution < -0.4 is 9.64 Å². The Labute approximate surface area is 185 Å². The van der Waals surface area contributed by atoms with Crippen molar-refractivity contribution in [2.45, 2.75) is 20.8 Å². The first kappa shape index (κ1) is 21.9. The van der Waals surface area contributed by atoms with E-state index in [0.717, 1.165) is 0 Å². The summed E-state index contributed by atoms with van der Waals surface area (Å²) < 4.78 is 10.7. The van der Waals surface area contributed by atoms with Gasteiger partial charge < -0.3 is 9.47 Å². The zero-order chi connectivity index (χ0) is 21.8. The Balaban J connectivity index is 2.08. The number of nitrogens with zero attached hydrogens (tertiary/aromatic N) is 1. The summed E-state index contributed by atoms with van der Waals surface area (Å²) >= 11 is 12.1. The van der Waals surface area contributed by atoms with E-state index in [0.29, 0.717) is 39.3 Å². The highest BCUT2D eigenvalue weighted by Crippen LogP contribution is 2.36. The highest BCUT2D eigenvalue weighted by Gasteiger charge is 2.38. The first-order chi connectivity index (χ1) is 14.4. The van der Waals surface area contributed by atoms with Crippen molar-refractivity contribution in [3.05, 3.63) is 74.9 Å². The third-order valence-corrected chi connectivity index (χ3v) is 5.28. The van der Waals surface area contributed by atoms with Gasteiger partial charge in [0.25, 0.3) is 5.91 Å². The largest absolute Gasteiger partial charge is 0.494 e. The first-order valence-corrected chi connectivity index (χ1v) is 10.2. The SMILES string of the molecule is CCOC(=O)C1=C(C)N(c2ccc(OCC)cc2)C(=O)/C1=C\c1ccc(Cl)c(Cl)c1. The molecule has 2 aromatic carbocycles. The molecule has 0 aromatic heterocycles. The van der Waals surface area contributed by atoms with Crippen LogP contribution >= 0.6 is 23.2 Å². The zero-order valence-electron chi connectivity index (χ0n) is 16.9. The number of halogens is 2. The topological polar surface area (TPSA) is 55.8 Å². The number of ether oxygens (including phenoxy) is 2. The number of allylic oxidation sites excluding steroid dienone is 1. The van der Waals surface area contributed by atoms with Gasteiger partial charge in [-0.25, -0.2) is 4.79 Å². The smallest absolute Gasteiger partial charge is 0.340 e. The predicted molar refractivity (Wildman–Crippen MR) is 119 cm³/mol. The number of carbonyl (C=O) groups excluding carboxylic acids is 2. The molecule has 1 heterocycles. The normalized spacial score (nSPS) is 15.2. The number of carbonyl (C=O) groups is 2. The lowest BCUT2D eigenvalue weighted by Gasteiger charge is -2.18. The van der Waals surface area contributed by atoms with Crippen LogP contribution in [0.3, 0.4) is 0 Å². The molecule has 30 heavy (non-hydrogen) atoms. The first-order valence-electron chi connectivity index (χ1n) is 9.49. The lowest BCUT2D eigenvalue weighted by Crippen LogP contribution is -2.24. The fourth-order valence-corrected chi connectivity index (χ4v) is 3.53. The summed E-state index contributed by atoms with van der Waals surface area (Å²) in [7, 11) is 0. The Morgan fingerprint density at radius 1 is 1.03 bits per heavy atom. The van der Waals surface area contributed by atoms with Crippen LogP contribution in [0.25, 0.3) is 6.08 Å². The second-order valence-electron chi connectivity index (χ2n) is 6.48. The van der Waals surface area contributed by atoms with Crippen LogP contribution in [0.1, 0.15) is 26.3 Å². The second-order valence-corrected chi connectivity index (χ2v) is 7.29. The molecule has 0 N–H and O–H groups in total. The number of amides is 1. The monoisotopic (exact) mass is 445 g/mol. The molecule has 0 radical (unpaired) electrons. The third-order valence-electron chi connectivity index (χ3n) is 4.54. The molecule has 0 saturated carbocycles. The summed E-state index contributed by atoms with van der Waals surface area (Å²) in [5, 5.41) is 0.767. The molecule has 7 heteroatoms. The number of benzene rings is 2. The van der Waals surface area contributed by atoms with Crippen LogP contribution in [0.4, 0.5) is 5.69 Å². The molecule has 5 nitrogen and oxygen atoms in total. The molecule has 0 atom stereocenters. The molecule has 156 valence electrons. The number of anilines is 1. The minimum Gasteiger partial charge on any atom is -0.494 e. The summed E-state index contributed by atoms with van der Waals surface area (Å²) in [5.74, 6) is -0.180. The minimum absolute atomic E-state index is 0.201. The summed E-state index contributed by atoms with van der Waals surface area (Å²) in [6, 6.07) is 12.1. The van der Waals surface area contributed by atoms with Crippen molar-refractivity contribution in [3.8, 4) is 5.75 Å². The van der Waals surface area contributed by atoms with Gasteiger partial charge in [-0.05, 0) is 68.8 Å². The average molecular weight is 446 g/mol. The second kappa shape index (κ2) is 9.37. The molecule has 3 rings (SSSR count). The van der Waals surface area contributed by atoms with E-state index in [4.69, 9.17) is 32.7 Å². The van der Waals surface area contributed by atoms with E-state index >= 15 is 0 Å². The molecule has 0 fully saturated rings. The quantitative estimate of drug-likeness (QED) is 0.425. The van der Waals surface area contributed by atoms with Gasteiger partial charge in [-0.1, -0.05) is 29.3 Å². The Morgan fingerprint density at radius 3 is 2.33 bits per heavy atom. The van der Waals surface area contributed by atoms with E-state index in [2.05, 4.69) is 0 Å². The molecule has 0 unspecified atom stereocenters. The Bertz CT molecular complexity index is 1040. The van der Waals surface area contributed by atoms with E-state index in [9.17, 15) is 9.59 Å². The summed E-state index contributed by atoms with van der Waals surface area (Å²) in [4.78, 5) is 27.5. The predicted octanol–water partition coefficient (Wildman–Crippen LogP) is 5.66. The molecule has 0 aliphatic carbocycles. The molecule has 1 aliphatic rings. The van der Waals surface area contributed by atoms with Gasteiger partial charge in [-0.3, -0.25) is 9.69 Å². The molecular weight excluding hydrogens is 425 g/mol. The van der Waals surface area contributed by atoms with Crippen LogP contribution in [-0.4, -0.2) is 25.1 Å². The highest BCUT2D eigenvalue weighted by molar-refractivity contribution is 6.42. The van der Waals surface area contributed by atoms with Crippen LogP contribution in [-0.2, 0) is 14.3 Å². The summed E-state index contributed by atoms with van der Waals surface area (Å²) in [6.07, 6.45) is 1.62. The van der Waals surface area contributed by atoms with Gasteiger partial charge in [-0.2, -0.15) is 0 Å². The maximum absolute atomic E-state index is 13.3. The van der Waals surface area contributed by atoms with Gasteiger partial charge in [0, 0.05) is 11.4 Å². The maximum Gasteiger partial charge on any atom is 0.340 e. The molecule has 1 aliphatic heterocycles. The number of rotatable bonds is 6. The van der Waals surface area contributed by atoms with Gasteiger partial charge in [0.15, 0.2) is 0 Å². The van der Waals surface area contributed by atoms with Crippen LogP contribution in [0, 0.1) is 0 Å². The molecular formula is C23H21Cl2NO4. The number of hydrogen-bond donors (Lipinski definition) is 0. The minimum atomic E-state index is -0.553.